The van der Waals surface area contributed by atoms with Crippen LogP contribution in [0.3, 0.4) is 0 Å². The molecule has 0 fully saturated rings. The Morgan fingerprint density at radius 2 is 1.84 bits per heavy atom. The van der Waals surface area contributed by atoms with Gasteiger partial charge < -0.3 is 9.73 Å². The number of fused-ring (bicyclic) bond motifs is 1. The van der Waals surface area contributed by atoms with Crippen LogP contribution in [0.15, 0.2) is 81.8 Å². The second-order valence-electron chi connectivity index (χ2n) is 6.78. The van der Waals surface area contributed by atoms with Gasteiger partial charge in [-0.3, -0.25) is 4.79 Å². The summed E-state index contributed by atoms with van der Waals surface area (Å²) in [6.45, 7) is 0. The third-order valence-corrected chi connectivity index (χ3v) is 6.47. The average molecular weight is 479 g/mol. The number of amides is 1. The normalized spacial score (nSPS) is 11.0. The van der Waals surface area contributed by atoms with Gasteiger partial charge in [0, 0.05) is 21.5 Å². The van der Waals surface area contributed by atoms with Crippen LogP contribution in [0.2, 0.25) is 5.02 Å². The van der Waals surface area contributed by atoms with E-state index < -0.39 is 0 Å². The fraction of sp³-hybridized carbons (Fsp3) is 0.0435. The molecule has 0 atom stereocenters. The Labute approximate surface area is 196 Å². The number of hydrogen-bond donors (Lipinski definition) is 1. The molecule has 0 aliphatic rings. The first-order chi connectivity index (χ1) is 15.7. The number of anilines is 1. The number of aromatic nitrogens is 3. The summed E-state index contributed by atoms with van der Waals surface area (Å²) >= 11 is 8.47. The molecule has 0 saturated carbocycles. The predicted octanol–water partition coefficient (Wildman–Crippen LogP) is 6.40. The van der Waals surface area contributed by atoms with Crippen molar-refractivity contribution in [3.63, 3.8) is 0 Å². The molecule has 0 spiro atoms. The van der Waals surface area contributed by atoms with E-state index in [9.17, 15) is 4.79 Å². The van der Waals surface area contributed by atoms with Gasteiger partial charge in [0.2, 0.25) is 11.8 Å². The summed E-state index contributed by atoms with van der Waals surface area (Å²) in [5, 5.41) is 16.6. The summed E-state index contributed by atoms with van der Waals surface area (Å²) in [4.78, 5) is 16.8. The lowest BCUT2D eigenvalue weighted by Gasteiger charge is -2.02. The van der Waals surface area contributed by atoms with Crippen molar-refractivity contribution in [2.75, 3.05) is 11.1 Å². The molecule has 0 aliphatic carbocycles. The summed E-state index contributed by atoms with van der Waals surface area (Å²) < 4.78 is 5.79. The third-order valence-electron chi connectivity index (χ3n) is 4.64. The average Bonchev–Trinajstić information content (AvgIpc) is 3.48. The minimum absolute atomic E-state index is 0.132. The molecule has 158 valence electrons. The molecule has 5 aromatic rings. The lowest BCUT2D eigenvalue weighted by molar-refractivity contribution is -0.113. The molecule has 9 heteroatoms. The number of benzene rings is 3. The standard InChI is InChI=1S/C23H15ClN4O2S2/c24-16-10-8-15(9-11-16)19-12-31-22(25-19)26-20(29)13-32-23-28-27-21(30-23)18-7-3-5-14-4-1-2-6-17(14)18/h1-12H,13H2,(H,25,26,29). The SMILES string of the molecule is O=C(CSc1nnc(-c2cccc3ccccc23)o1)Nc1nc(-c2ccc(Cl)cc2)cs1. The van der Waals surface area contributed by atoms with Crippen molar-refractivity contribution in [2.24, 2.45) is 0 Å². The molecule has 1 N–H and O–H groups in total. The molecule has 0 aliphatic heterocycles. The van der Waals surface area contributed by atoms with Crippen LogP contribution < -0.4 is 5.32 Å². The number of thioether (sulfide) groups is 1. The van der Waals surface area contributed by atoms with E-state index in [1.165, 1.54) is 23.1 Å². The van der Waals surface area contributed by atoms with Gasteiger partial charge in [-0.2, -0.15) is 0 Å². The Kier molecular flexibility index (Phi) is 5.89. The third kappa shape index (κ3) is 4.52. The first-order valence-electron chi connectivity index (χ1n) is 9.61. The summed E-state index contributed by atoms with van der Waals surface area (Å²) in [6.07, 6.45) is 0. The number of nitrogens with zero attached hydrogens (tertiary/aromatic N) is 3. The van der Waals surface area contributed by atoms with Crippen LogP contribution >= 0.6 is 34.7 Å². The van der Waals surface area contributed by atoms with E-state index in [4.69, 9.17) is 16.0 Å². The minimum Gasteiger partial charge on any atom is -0.411 e. The van der Waals surface area contributed by atoms with E-state index in [1.807, 2.05) is 72.1 Å². The van der Waals surface area contributed by atoms with Gasteiger partial charge >= 0.3 is 0 Å². The minimum atomic E-state index is -0.197. The van der Waals surface area contributed by atoms with E-state index >= 15 is 0 Å². The molecule has 2 aromatic heterocycles. The van der Waals surface area contributed by atoms with Gasteiger partial charge in [0.1, 0.15) is 0 Å². The number of hydrogen-bond acceptors (Lipinski definition) is 7. The number of carbonyl (C=O) groups is 1. The second-order valence-corrected chi connectivity index (χ2v) is 9.00. The van der Waals surface area contributed by atoms with Crippen LogP contribution in [0.4, 0.5) is 5.13 Å². The van der Waals surface area contributed by atoms with Crippen molar-refractivity contribution in [1.29, 1.82) is 0 Å². The van der Waals surface area contributed by atoms with Crippen LogP contribution in [0.1, 0.15) is 0 Å². The molecular formula is C23H15ClN4O2S2. The molecule has 3 aromatic carbocycles. The van der Waals surface area contributed by atoms with Crippen LogP contribution in [0, 0.1) is 0 Å². The molecule has 0 radical (unpaired) electrons. The van der Waals surface area contributed by atoms with Crippen LogP contribution in [0.25, 0.3) is 33.5 Å². The molecular weight excluding hydrogens is 464 g/mol. The highest BCUT2D eigenvalue weighted by Crippen LogP contribution is 2.30. The summed E-state index contributed by atoms with van der Waals surface area (Å²) in [6, 6.07) is 21.3. The molecule has 5 rings (SSSR count). The van der Waals surface area contributed by atoms with Crippen LogP contribution in [-0.2, 0) is 4.79 Å². The highest BCUT2D eigenvalue weighted by molar-refractivity contribution is 7.99. The fourth-order valence-corrected chi connectivity index (χ4v) is 4.58. The monoisotopic (exact) mass is 478 g/mol. The van der Waals surface area contributed by atoms with Crippen molar-refractivity contribution < 1.29 is 9.21 Å². The van der Waals surface area contributed by atoms with Crippen molar-refractivity contribution in [2.45, 2.75) is 5.22 Å². The maximum Gasteiger partial charge on any atom is 0.277 e. The van der Waals surface area contributed by atoms with Gasteiger partial charge in [-0.05, 0) is 29.0 Å². The summed E-state index contributed by atoms with van der Waals surface area (Å²) in [5.74, 6) is 0.363. The van der Waals surface area contributed by atoms with Crippen molar-refractivity contribution in [1.82, 2.24) is 15.2 Å². The maximum atomic E-state index is 12.4. The van der Waals surface area contributed by atoms with E-state index in [-0.39, 0.29) is 11.7 Å². The second kappa shape index (κ2) is 9.12. The first kappa shape index (κ1) is 20.7. The van der Waals surface area contributed by atoms with Crippen molar-refractivity contribution in [3.8, 4) is 22.7 Å². The quantitative estimate of drug-likeness (QED) is 0.284. The number of thiazole rings is 1. The molecule has 32 heavy (non-hydrogen) atoms. The lowest BCUT2D eigenvalue weighted by atomic mass is 10.0. The first-order valence-corrected chi connectivity index (χ1v) is 11.9. The topological polar surface area (TPSA) is 80.9 Å². The van der Waals surface area contributed by atoms with Crippen molar-refractivity contribution in [3.05, 3.63) is 77.1 Å². The molecule has 6 nitrogen and oxygen atoms in total. The Morgan fingerprint density at radius 3 is 2.72 bits per heavy atom. The molecule has 1 amide bonds. The smallest absolute Gasteiger partial charge is 0.277 e. The highest BCUT2D eigenvalue weighted by Gasteiger charge is 2.14. The van der Waals surface area contributed by atoms with Gasteiger partial charge in [0.25, 0.3) is 5.22 Å². The largest absolute Gasteiger partial charge is 0.411 e. The van der Waals surface area contributed by atoms with Gasteiger partial charge in [-0.25, -0.2) is 4.98 Å². The van der Waals surface area contributed by atoms with Crippen LogP contribution in [0.5, 0.6) is 0 Å². The molecule has 0 bridgehead atoms. The van der Waals surface area contributed by atoms with Gasteiger partial charge in [-0.1, -0.05) is 71.9 Å². The zero-order valence-electron chi connectivity index (χ0n) is 16.5. The van der Waals surface area contributed by atoms with Gasteiger partial charge in [-0.15, -0.1) is 21.5 Å². The number of halogens is 1. The van der Waals surface area contributed by atoms with E-state index in [0.717, 1.165) is 27.6 Å². The Morgan fingerprint density at radius 1 is 1.03 bits per heavy atom. The summed E-state index contributed by atoms with van der Waals surface area (Å²) in [7, 11) is 0. The highest BCUT2D eigenvalue weighted by atomic mass is 35.5. The molecule has 2 heterocycles. The van der Waals surface area contributed by atoms with Gasteiger partial charge in [0.15, 0.2) is 5.13 Å². The molecule has 0 unspecified atom stereocenters. The Bertz CT molecular complexity index is 1390. The Hall–Kier alpha value is -3.20. The maximum absolute atomic E-state index is 12.4. The fourth-order valence-electron chi connectivity index (χ4n) is 3.16. The summed E-state index contributed by atoms with van der Waals surface area (Å²) in [5.41, 5.74) is 2.59. The van der Waals surface area contributed by atoms with Crippen LogP contribution in [-0.4, -0.2) is 26.8 Å². The van der Waals surface area contributed by atoms with E-state index in [2.05, 4.69) is 20.5 Å². The van der Waals surface area contributed by atoms with Gasteiger partial charge in [0.05, 0.1) is 11.4 Å². The van der Waals surface area contributed by atoms with E-state index in [0.29, 0.717) is 21.3 Å². The van der Waals surface area contributed by atoms with E-state index in [1.54, 1.807) is 0 Å². The predicted molar refractivity (Wildman–Crippen MR) is 129 cm³/mol. The zero-order valence-corrected chi connectivity index (χ0v) is 18.9. The Balaban J connectivity index is 1.22. The molecule has 0 saturated heterocycles. The van der Waals surface area contributed by atoms with Crippen molar-refractivity contribution >= 4 is 56.5 Å². The number of nitrogens with one attached hydrogen (secondary N) is 1. The zero-order chi connectivity index (χ0) is 21.9. The number of carbonyl (C=O) groups excluding carboxylic acids is 1. The lowest BCUT2D eigenvalue weighted by Crippen LogP contribution is -2.13. The number of rotatable bonds is 6.